The SMILES string of the molecule is CC\C=C/C=C\C=C/C=C\C=C\C=C/CCCCCC(=O)OC(COC(=O)CCCCC/C=C\C/C=C\C/C=C\C/C=C\CC)COC(=O)CCCCCCCCCCCCCCCCCCCCC. The number of allylic oxidation sites excluding steroid dienone is 20. The second-order valence-corrected chi connectivity index (χ2v) is 18.6. The minimum absolute atomic E-state index is 0.108. The fourth-order valence-corrected chi connectivity index (χ4v) is 7.64. The highest BCUT2D eigenvalue weighted by molar-refractivity contribution is 5.71. The van der Waals surface area contributed by atoms with Gasteiger partial charge >= 0.3 is 17.9 Å². The average Bonchev–Trinajstić information content (AvgIpc) is 3.36. The maximum absolute atomic E-state index is 12.8. The lowest BCUT2D eigenvalue weighted by molar-refractivity contribution is -0.167. The van der Waals surface area contributed by atoms with E-state index in [1.165, 1.54) is 103 Å². The van der Waals surface area contributed by atoms with Crippen molar-refractivity contribution in [1.82, 2.24) is 0 Å². The van der Waals surface area contributed by atoms with Gasteiger partial charge in [0.2, 0.25) is 0 Å². The van der Waals surface area contributed by atoms with Crippen LogP contribution in [0.25, 0.3) is 0 Å². The van der Waals surface area contributed by atoms with Gasteiger partial charge in [-0.1, -0.05) is 271 Å². The molecule has 0 aliphatic heterocycles. The Balaban J connectivity index is 4.51. The third-order valence-electron chi connectivity index (χ3n) is 11.9. The first-order chi connectivity index (χ1) is 34.5. The van der Waals surface area contributed by atoms with E-state index in [0.29, 0.717) is 19.3 Å². The molecular formula is C64H104O6. The van der Waals surface area contributed by atoms with Crippen molar-refractivity contribution in [2.24, 2.45) is 0 Å². The number of carbonyl (C=O) groups is 3. The molecule has 396 valence electrons. The summed E-state index contributed by atoms with van der Waals surface area (Å²) in [6.45, 7) is 6.32. The molecular weight excluding hydrogens is 865 g/mol. The van der Waals surface area contributed by atoms with Crippen LogP contribution >= 0.6 is 0 Å². The molecule has 0 aromatic rings. The van der Waals surface area contributed by atoms with E-state index in [9.17, 15) is 14.4 Å². The topological polar surface area (TPSA) is 78.9 Å². The smallest absolute Gasteiger partial charge is 0.306 e. The molecule has 1 atom stereocenters. The van der Waals surface area contributed by atoms with E-state index in [1.54, 1.807) is 0 Å². The van der Waals surface area contributed by atoms with Crippen LogP contribution in [-0.2, 0) is 28.6 Å². The number of ether oxygens (including phenoxy) is 3. The lowest BCUT2D eigenvalue weighted by Crippen LogP contribution is -2.30. The Bertz CT molecular complexity index is 1490. The zero-order chi connectivity index (χ0) is 50.7. The maximum Gasteiger partial charge on any atom is 0.306 e. The Kier molecular flexibility index (Phi) is 54.0. The molecule has 0 aromatic carbocycles. The van der Waals surface area contributed by atoms with Crippen molar-refractivity contribution in [3.8, 4) is 0 Å². The molecule has 1 unspecified atom stereocenters. The predicted octanol–water partition coefficient (Wildman–Crippen LogP) is 19.3. The summed E-state index contributed by atoms with van der Waals surface area (Å²) in [4.78, 5) is 38.2. The van der Waals surface area contributed by atoms with Crippen LogP contribution in [0, 0.1) is 0 Å². The molecule has 0 aromatic heterocycles. The van der Waals surface area contributed by atoms with E-state index in [-0.39, 0.29) is 37.5 Å². The number of hydrogen-bond acceptors (Lipinski definition) is 6. The molecule has 70 heavy (non-hydrogen) atoms. The quantitative estimate of drug-likeness (QED) is 0.0199. The number of esters is 3. The Morgan fingerprint density at radius 3 is 1.04 bits per heavy atom. The van der Waals surface area contributed by atoms with Crippen molar-refractivity contribution in [2.45, 2.75) is 252 Å². The maximum atomic E-state index is 12.8. The monoisotopic (exact) mass is 969 g/mol. The third kappa shape index (κ3) is 54.7. The molecule has 0 saturated carbocycles. The first-order valence-corrected chi connectivity index (χ1v) is 28.6. The Morgan fingerprint density at radius 2 is 0.629 bits per heavy atom. The first kappa shape index (κ1) is 65.8. The Morgan fingerprint density at radius 1 is 0.314 bits per heavy atom. The second-order valence-electron chi connectivity index (χ2n) is 18.6. The molecule has 0 N–H and O–H groups in total. The van der Waals surface area contributed by atoms with Crippen molar-refractivity contribution in [3.05, 3.63) is 122 Å². The molecule has 0 spiro atoms. The first-order valence-electron chi connectivity index (χ1n) is 28.6. The van der Waals surface area contributed by atoms with Gasteiger partial charge in [-0.25, -0.2) is 0 Å². The summed E-state index contributed by atoms with van der Waals surface area (Å²) in [7, 11) is 0. The molecule has 0 aliphatic rings. The summed E-state index contributed by atoms with van der Waals surface area (Å²) in [6.07, 6.45) is 79.0. The summed E-state index contributed by atoms with van der Waals surface area (Å²) >= 11 is 0. The third-order valence-corrected chi connectivity index (χ3v) is 11.9. The van der Waals surface area contributed by atoms with Crippen LogP contribution in [0.2, 0.25) is 0 Å². The van der Waals surface area contributed by atoms with Crippen LogP contribution in [0.3, 0.4) is 0 Å². The van der Waals surface area contributed by atoms with Crippen molar-refractivity contribution >= 4 is 17.9 Å². The highest BCUT2D eigenvalue weighted by Crippen LogP contribution is 2.16. The van der Waals surface area contributed by atoms with Crippen LogP contribution in [-0.4, -0.2) is 37.2 Å². The predicted molar refractivity (Wildman–Crippen MR) is 302 cm³/mol. The van der Waals surface area contributed by atoms with E-state index in [2.05, 4.69) is 81.5 Å². The van der Waals surface area contributed by atoms with Crippen molar-refractivity contribution < 1.29 is 28.6 Å². The molecule has 0 saturated heterocycles. The average molecular weight is 970 g/mol. The van der Waals surface area contributed by atoms with E-state index in [1.807, 2.05) is 60.8 Å². The van der Waals surface area contributed by atoms with E-state index < -0.39 is 6.10 Å². The largest absolute Gasteiger partial charge is 0.462 e. The lowest BCUT2D eigenvalue weighted by atomic mass is 10.0. The van der Waals surface area contributed by atoms with Gasteiger partial charge in [-0.15, -0.1) is 0 Å². The molecule has 6 heteroatoms. The fraction of sp³-hybridized carbons (Fsp3) is 0.641. The van der Waals surface area contributed by atoms with Crippen LogP contribution in [0.5, 0.6) is 0 Å². The van der Waals surface area contributed by atoms with Gasteiger partial charge in [-0.05, 0) is 77.0 Å². The van der Waals surface area contributed by atoms with Crippen LogP contribution in [0.1, 0.15) is 245 Å². The molecule has 0 radical (unpaired) electrons. The van der Waals surface area contributed by atoms with Crippen molar-refractivity contribution in [1.29, 1.82) is 0 Å². The van der Waals surface area contributed by atoms with Gasteiger partial charge in [0.05, 0.1) is 0 Å². The summed E-state index contributed by atoms with van der Waals surface area (Å²) in [5.41, 5.74) is 0. The second kappa shape index (κ2) is 57.4. The van der Waals surface area contributed by atoms with Crippen LogP contribution in [0.15, 0.2) is 122 Å². The zero-order valence-corrected chi connectivity index (χ0v) is 45.2. The normalized spacial score (nSPS) is 13.0. The van der Waals surface area contributed by atoms with E-state index in [4.69, 9.17) is 14.2 Å². The van der Waals surface area contributed by atoms with Gasteiger partial charge < -0.3 is 14.2 Å². The molecule has 0 heterocycles. The molecule has 0 bridgehead atoms. The van der Waals surface area contributed by atoms with Crippen molar-refractivity contribution in [3.63, 3.8) is 0 Å². The molecule has 6 nitrogen and oxygen atoms in total. The fourth-order valence-electron chi connectivity index (χ4n) is 7.64. The van der Waals surface area contributed by atoms with Crippen LogP contribution < -0.4 is 0 Å². The minimum atomic E-state index is -0.817. The Labute approximate surface area is 431 Å². The van der Waals surface area contributed by atoms with Gasteiger partial charge in [0.15, 0.2) is 6.10 Å². The van der Waals surface area contributed by atoms with E-state index in [0.717, 1.165) is 96.3 Å². The van der Waals surface area contributed by atoms with Gasteiger partial charge in [-0.2, -0.15) is 0 Å². The molecule has 0 fully saturated rings. The number of rotatable bonds is 50. The zero-order valence-electron chi connectivity index (χ0n) is 45.2. The number of hydrogen-bond donors (Lipinski definition) is 0. The molecule has 0 rings (SSSR count). The number of carbonyl (C=O) groups excluding carboxylic acids is 3. The lowest BCUT2D eigenvalue weighted by Gasteiger charge is -2.18. The summed E-state index contributed by atoms with van der Waals surface area (Å²) in [6, 6.07) is 0. The van der Waals surface area contributed by atoms with E-state index >= 15 is 0 Å². The number of unbranched alkanes of at least 4 members (excludes halogenated alkanes) is 24. The van der Waals surface area contributed by atoms with Gasteiger partial charge in [-0.3, -0.25) is 14.4 Å². The highest BCUT2D eigenvalue weighted by Gasteiger charge is 2.19. The van der Waals surface area contributed by atoms with Crippen LogP contribution in [0.4, 0.5) is 0 Å². The summed E-state index contributed by atoms with van der Waals surface area (Å²) < 4.78 is 16.8. The van der Waals surface area contributed by atoms with Gasteiger partial charge in [0, 0.05) is 19.3 Å². The van der Waals surface area contributed by atoms with Crippen molar-refractivity contribution in [2.75, 3.05) is 13.2 Å². The Hall–Kier alpha value is -4.19. The standard InChI is InChI=1S/C64H104O6/c1-4-7-10-13-16-19-22-25-28-31-32-34-36-39-42-45-48-51-54-57-63(66)69-60-61(59-68-62(65)56-53-50-47-44-41-38-35-30-27-24-21-18-15-12-9-6-3)70-64(67)58-55-52-49-46-43-40-37-33-29-26-23-20-17-14-11-8-5-2/h8-9,11-12,14,17-18,20-21,23,26-27,29-30,33,37-38,40-41,43,61H,4-7,10,13,15-16,19,22,24-25,28,31-32,34-36,39,42,44-60H2,1-3H3/b11-8-,12-9-,17-14-,21-18-,23-20-,29-26-,30-27-,37-33+,41-38-,43-40-. The summed E-state index contributed by atoms with van der Waals surface area (Å²) in [5.74, 6) is -0.984. The summed E-state index contributed by atoms with van der Waals surface area (Å²) in [5, 5.41) is 0. The highest BCUT2D eigenvalue weighted by atomic mass is 16.6. The minimum Gasteiger partial charge on any atom is -0.462 e. The van der Waals surface area contributed by atoms with Gasteiger partial charge in [0.1, 0.15) is 13.2 Å². The van der Waals surface area contributed by atoms with Gasteiger partial charge in [0.25, 0.3) is 0 Å². The molecule has 0 aliphatic carbocycles. The molecule has 0 amide bonds.